The number of piperazine rings is 1. The fraction of sp³-hybridized carbons (Fsp3) is 0.250. The van der Waals surface area contributed by atoms with Gasteiger partial charge in [0.15, 0.2) is 0 Å². The van der Waals surface area contributed by atoms with Gasteiger partial charge in [0.05, 0.1) is 12.6 Å². The van der Waals surface area contributed by atoms with E-state index in [1.807, 2.05) is 41.3 Å². The zero-order chi connectivity index (χ0) is 22.3. The monoisotopic (exact) mass is 424 g/mol. The highest BCUT2D eigenvalue weighted by Crippen LogP contribution is 2.30. The lowest BCUT2D eigenvalue weighted by atomic mass is 9.95. The summed E-state index contributed by atoms with van der Waals surface area (Å²) in [5.74, 6) is 5.70. The highest BCUT2D eigenvalue weighted by molar-refractivity contribution is 5.69. The predicted molar refractivity (Wildman–Crippen MR) is 127 cm³/mol. The second kappa shape index (κ2) is 10.3. The Morgan fingerprint density at radius 1 is 0.875 bits per heavy atom. The Labute approximate surface area is 190 Å². The Hall–Kier alpha value is -3.39. The van der Waals surface area contributed by atoms with Gasteiger partial charge in [-0.15, -0.1) is 0 Å². The molecule has 1 N–H and O–H groups in total. The number of rotatable bonds is 5. The van der Waals surface area contributed by atoms with Crippen LogP contribution in [-0.2, 0) is 4.79 Å². The predicted octanol–water partition coefficient (Wildman–Crippen LogP) is 4.27. The molecule has 1 saturated heterocycles. The highest BCUT2D eigenvalue weighted by atomic mass is 16.4. The molecule has 0 aromatic heterocycles. The third kappa shape index (κ3) is 5.45. The van der Waals surface area contributed by atoms with Gasteiger partial charge in [0.25, 0.3) is 0 Å². The molecule has 0 amide bonds. The molecular formula is C28H28N2O2. The van der Waals surface area contributed by atoms with Crippen LogP contribution in [0.5, 0.6) is 0 Å². The fourth-order valence-corrected chi connectivity index (χ4v) is 4.33. The molecule has 1 unspecified atom stereocenters. The average molecular weight is 425 g/mol. The van der Waals surface area contributed by atoms with Crippen LogP contribution in [0.25, 0.3) is 0 Å². The molecule has 0 radical (unpaired) electrons. The summed E-state index contributed by atoms with van der Waals surface area (Å²) in [4.78, 5) is 15.7. The maximum absolute atomic E-state index is 11.2. The van der Waals surface area contributed by atoms with E-state index in [0.717, 1.165) is 30.8 Å². The van der Waals surface area contributed by atoms with E-state index < -0.39 is 5.97 Å². The van der Waals surface area contributed by atoms with E-state index in [1.54, 1.807) is 0 Å². The summed E-state index contributed by atoms with van der Waals surface area (Å²) in [7, 11) is 0. The first-order valence-electron chi connectivity index (χ1n) is 11.0. The molecule has 4 rings (SSSR count). The van der Waals surface area contributed by atoms with Crippen molar-refractivity contribution in [1.29, 1.82) is 0 Å². The zero-order valence-electron chi connectivity index (χ0n) is 18.3. The van der Waals surface area contributed by atoms with E-state index in [-0.39, 0.29) is 18.6 Å². The van der Waals surface area contributed by atoms with Crippen molar-refractivity contribution in [2.75, 3.05) is 26.2 Å². The number of nitrogens with zero attached hydrogens (tertiary/aromatic N) is 2. The molecule has 0 spiro atoms. The van der Waals surface area contributed by atoms with Crippen LogP contribution in [0.15, 0.2) is 84.9 Å². The number of hydrogen-bond acceptors (Lipinski definition) is 3. The standard InChI is InChI=1S/C28H28N2O2/c1-22-20-30(19-18-29(22)21-27(31)32)28(25-10-6-3-7-11-25)26-16-14-24(15-17-26)13-12-23-8-4-2-5-9-23/h2-11,14-17,22,28H,18-21H2,1H3,(H,31,32)/t22?,28-/m1/s1. The van der Waals surface area contributed by atoms with Crippen molar-refractivity contribution in [1.82, 2.24) is 9.80 Å². The van der Waals surface area contributed by atoms with Crippen LogP contribution in [0, 0.1) is 11.8 Å². The minimum absolute atomic E-state index is 0.0970. The van der Waals surface area contributed by atoms with E-state index in [9.17, 15) is 9.90 Å². The van der Waals surface area contributed by atoms with Crippen molar-refractivity contribution in [3.8, 4) is 11.8 Å². The van der Waals surface area contributed by atoms with Crippen molar-refractivity contribution >= 4 is 5.97 Å². The summed E-state index contributed by atoms with van der Waals surface area (Å²) < 4.78 is 0. The fourth-order valence-electron chi connectivity index (χ4n) is 4.33. The van der Waals surface area contributed by atoms with Crippen molar-refractivity contribution in [2.45, 2.75) is 19.0 Å². The van der Waals surface area contributed by atoms with Gasteiger partial charge in [-0.05, 0) is 42.3 Å². The molecule has 1 aliphatic rings. The first-order valence-corrected chi connectivity index (χ1v) is 11.0. The smallest absolute Gasteiger partial charge is 0.317 e. The second-order valence-electron chi connectivity index (χ2n) is 8.26. The van der Waals surface area contributed by atoms with Crippen LogP contribution >= 0.6 is 0 Å². The highest BCUT2D eigenvalue weighted by Gasteiger charge is 2.30. The molecule has 1 heterocycles. The van der Waals surface area contributed by atoms with Gasteiger partial charge in [0.2, 0.25) is 0 Å². The quantitative estimate of drug-likeness (QED) is 0.622. The minimum Gasteiger partial charge on any atom is -0.480 e. The lowest BCUT2D eigenvalue weighted by molar-refractivity contribution is -0.139. The van der Waals surface area contributed by atoms with Gasteiger partial charge >= 0.3 is 5.97 Å². The first kappa shape index (κ1) is 21.8. The number of benzene rings is 3. The lowest BCUT2D eigenvalue weighted by Gasteiger charge is -2.43. The number of hydrogen-bond donors (Lipinski definition) is 1. The maximum atomic E-state index is 11.2. The molecule has 3 aromatic rings. The number of aliphatic carboxylic acids is 1. The van der Waals surface area contributed by atoms with Crippen LogP contribution in [0.1, 0.15) is 35.2 Å². The summed E-state index contributed by atoms with van der Waals surface area (Å²) in [6.07, 6.45) is 0. The van der Waals surface area contributed by atoms with E-state index in [4.69, 9.17) is 0 Å². The average Bonchev–Trinajstić information content (AvgIpc) is 2.82. The zero-order valence-corrected chi connectivity index (χ0v) is 18.3. The summed E-state index contributed by atoms with van der Waals surface area (Å²) in [6.45, 7) is 4.60. The summed E-state index contributed by atoms with van der Waals surface area (Å²) in [5, 5.41) is 9.19. The van der Waals surface area contributed by atoms with Crippen LogP contribution in [0.2, 0.25) is 0 Å². The molecule has 162 valence electrons. The molecule has 0 saturated carbocycles. The van der Waals surface area contributed by atoms with Crippen molar-refractivity contribution < 1.29 is 9.90 Å². The maximum Gasteiger partial charge on any atom is 0.317 e. The topological polar surface area (TPSA) is 43.8 Å². The molecule has 1 aliphatic heterocycles. The van der Waals surface area contributed by atoms with Crippen molar-refractivity contribution in [2.24, 2.45) is 0 Å². The number of carboxylic acid groups (broad SMARTS) is 1. The van der Waals surface area contributed by atoms with Crippen molar-refractivity contribution in [3.63, 3.8) is 0 Å². The largest absolute Gasteiger partial charge is 0.480 e. The van der Waals surface area contributed by atoms with E-state index in [0.29, 0.717) is 0 Å². The Morgan fingerprint density at radius 3 is 2.03 bits per heavy atom. The van der Waals surface area contributed by atoms with Crippen LogP contribution in [-0.4, -0.2) is 53.1 Å². The van der Waals surface area contributed by atoms with Crippen molar-refractivity contribution in [3.05, 3.63) is 107 Å². The van der Waals surface area contributed by atoms with Crippen LogP contribution in [0.3, 0.4) is 0 Å². The van der Waals surface area contributed by atoms with E-state index >= 15 is 0 Å². The van der Waals surface area contributed by atoms with Gasteiger partial charge < -0.3 is 5.11 Å². The minimum atomic E-state index is -0.767. The Bertz CT molecular complexity index is 1090. The molecule has 4 heteroatoms. The molecule has 4 nitrogen and oxygen atoms in total. The van der Waals surface area contributed by atoms with Gasteiger partial charge in [-0.25, -0.2) is 0 Å². The molecular weight excluding hydrogens is 396 g/mol. The molecule has 0 bridgehead atoms. The van der Waals surface area contributed by atoms with Gasteiger partial charge in [0, 0.05) is 36.8 Å². The number of carbonyl (C=O) groups is 1. The van der Waals surface area contributed by atoms with E-state index in [1.165, 1.54) is 11.1 Å². The Balaban J connectivity index is 1.57. The van der Waals surface area contributed by atoms with Crippen LogP contribution < -0.4 is 0 Å². The van der Waals surface area contributed by atoms with Crippen LogP contribution in [0.4, 0.5) is 0 Å². The molecule has 32 heavy (non-hydrogen) atoms. The SMILES string of the molecule is CC1CN([C@H](c2ccccc2)c2ccc(C#Cc3ccccc3)cc2)CCN1CC(=O)O. The number of carboxylic acids is 1. The Morgan fingerprint density at radius 2 is 1.44 bits per heavy atom. The first-order chi connectivity index (χ1) is 15.6. The van der Waals surface area contributed by atoms with Gasteiger partial charge in [-0.1, -0.05) is 72.5 Å². The molecule has 2 atom stereocenters. The Kier molecular flexibility index (Phi) is 7.01. The van der Waals surface area contributed by atoms with Gasteiger partial charge in [-0.2, -0.15) is 0 Å². The third-order valence-electron chi connectivity index (χ3n) is 5.97. The van der Waals surface area contributed by atoms with E-state index in [2.05, 4.69) is 72.2 Å². The summed E-state index contributed by atoms with van der Waals surface area (Å²) in [6, 6.07) is 29.4. The third-order valence-corrected chi connectivity index (χ3v) is 5.97. The normalized spacial score (nSPS) is 17.8. The lowest BCUT2D eigenvalue weighted by Crippen LogP contribution is -2.54. The van der Waals surface area contributed by atoms with Gasteiger partial charge in [0.1, 0.15) is 0 Å². The van der Waals surface area contributed by atoms with Gasteiger partial charge in [-0.3, -0.25) is 14.6 Å². The summed E-state index contributed by atoms with van der Waals surface area (Å²) >= 11 is 0. The summed E-state index contributed by atoms with van der Waals surface area (Å²) in [5.41, 5.74) is 4.46. The molecule has 3 aromatic carbocycles. The second-order valence-corrected chi connectivity index (χ2v) is 8.26. The molecule has 0 aliphatic carbocycles. The molecule has 1 fully saturated rings.